The minimum absolute atomic E-state index is 1.04. The van der Waals surface area contributed by atoms with Crippen LogP contribution in [-0.4, -0.2) is 9.13 Å². The second-order valence-corrected chi connectivity index (χ2v) is 22.7. The van der Waals surface area contributed by atoms with Gasteiger partial charge in [0.2, 0.25) is 0 Å². The number of hydrogen-bond acceptors (Lipinski definition) is 2. The third-order valence-electron chi connectivity index (χ3n) is 17.9. The van der Waals surface area contributed by atoms with Crippen LogP contribution in [0.3, 0.4) is 0 Å². The van der Waals surface area contributed by atoms with E-state index in [1.54, 1.807) is 0 Å². The highest BCUT2D eigenvalue weighted by molar-refractivity contribution is 6.15. The molecule has 86 heavy (non-hydrogen) atoms. The molecule has 0 radical (unpaired) electrons. The van der Waals surface area contributed by atoms with Crippen LogP contribution in [0.1, 0.15) is 17.5 Å². The summed E-state index contributed by atoms with van der Waals surface area (Å²) in [4.78, 5) is 4.95. The van der Waals surface area contributed by atoms with Gasteiger partial charge in [-0.05, 0) is 183 Å². The van der Waals surface area contributed by atoms with Crippen molar-refractivity contribution in [3.8, 4) is 33.6 Å². The smallest absolute Gasteiger partial charge is 0.0542 e. The molecule has 0 aliphatic heterocycles. The summed E-state index contributed by atoms with van der Waals surface area (Å²) in [6, 6.07) is 112. The Morgan fingerprint density at radius 3 is 1.24 bits per heavy atom. The molecule has 2 aromatic heterocycles. The number of hydrogen-bond donors (Lipinski definition) is 0. The van der Waals surface area contributed by atoms with E-state index in [1.165, 1.54) is 92.8 Å². The number of para-hydroxylation sites is 2. The molecular formula is C82H56N4. The van der Waals surface area contributed by atoms with Crippen molar-refractivity contribution in [2.45, 2.75) is 12.8 Å². The fourth-order valence-electron chi connectivity index (χ4n) is 14.0. The fourth-order valence-corrected chi connectivity index (χ4v) is 14.0. The van der Waals surface area contributed by atoms with E-state index in [9.17, 15) is 0 Å². The van der Waals surface area contributed by atoms with Crippen molar-refractivity contribution in [1.82, 2.24) is 9.13 Å². The van der Waals surface area contributed by atoms with Gasteiger partial charge >= 0.3 is 0 Å². The van der Waals surface area contributed by atoms with Crippen LogP contribution in [0.4, 0.5) is 34.1 Å². The highest BCUT2D eigenvalue weighted by atomic mass is 15.2. The lowest BCUT2D eigenvalue weighted by Crippen LogP contribution is -2.14. The van der Waals surface area contributed by atoms with Crippen molar-refractivity contribution in [2.24, 2.45) is 0 Å². The molecule has 0 N–H and O–H groups in total. The van der Waals surface area contributed by atoms with Crippen LogP contribution in [0.5, 0.6) is 0 Å². The lowest BCUT2D eigenvalue weighted by atomic mass is 9.89. The van der Waals surface area contributed by atoms with Gasteiger partial charge in [-0.3, -0.25) is 0 Å². The first kappa shape index (κ1) is 49.4. The van der Waals surface area contributed by atoms with E-state index in [0.717, 1.165) is 74.9 Å². The molecular weight excluding hydrogens is 1040 g/mol. The summed E-state index contributed by atoms with van der Waals surface area (Å²) >= 11 is 0. The van der Waals surface area contributed by atoms with Crippen molar-refractivity contribution in [3.05, 3.63) is 321 Å². The zero-order chi connectivity index (χ0) is 56.7. The van der Waals surface area contributed by atoms with Gasteiger partial charge in [-0.15, -0.1) is 0 Å². The number of fused-ring (bicyclic) bond motifs is 10. The summed E-state index contributed by atoms with van der Waals surface area (Å²) in [6.07, 6.45) is 6.79. The molecule has 0 saturated heterocycles. The molecule has 14 aromatic carbocycles. The summed E-state index contributed by atoms with van der Waals surface area (Å²) < 4.78 is 4.86. The summed E-state index contributed by atoms with van der Waals surface area (Å²) in [5.41, 5.74) is 20.9. The first-order valence-electron chi connectivity index (χ1n) is 29.9. The molecule has 0 fully saturated rings. The van der Waals surface area contributed by atoms with Crippen molar-refractivity contribution in [3.63, 3.8) is 0 Å². The average molecular weight is 1100 g/mol. The van der Waals surface area contributed by atoms with Crippen LogP contribution >= 0.6 is 0 Å². The SMILES string of the molecule is C1=Cc2c(cccc2-c2ccc3c(c2)c2cc(N(c4cccc(N(c5ccc6c(c5)c5cc(-c7cccc8ccccc78)ccc5n6-c5ccccc5)c5cccc6ccccc56)c4)c4cccc5ccccc45)ccc2n3-c2ccccc2)CC1. The zero-order valence-electron chi connectivity index (χ0n) is 47.2. The standard InChI is InChI=1S/C82H56N4/c1-3-28-61(29-4-1)85-79-46-42-59(69-38-15-24-55-20-7-11-34-67(55)69)50-73(79)75-53-65(44-48-81(75)85)83(77-40-17-26-57-22-9-13-36-71(57)77)63-32-19-33-64(52-63)84(78-41-18-27-58-23-10-14-37-72(58)78)66-45-49-82-76(54-66)74-51-60(70-39-16-25-56-21-8-12-35-68(56)70)43-47-80(74)86(82)62-30-5-2-6-31-62/h1-7,9-20,22-54H,8,21H2. The van der Waals surface area contributed by atoms with Crippen molar-refractivity contribution in [1.29, 1.82) is 0 Å². The molecule has 0 amide bonds. The molecule has 16 aromatic rings. The molecule has 1 aliphatic rings. The van der Waals surface area contributed by atoms with Gasteiger partial charge in [0.25, 0.3) is 0 Å². The van der Waals surface area contributed by atoms with Crippen LogP contribution in [0.15, 0.2) is 309 Å². The molecule has 4 heteroatoms. The molecule has 2 heterocycles. The molecule has 0 saturated carbocycles. The topological polar surface area (TPSA) is 16.3 Å². The van der Waals surface area contributed by atoms with Crippen LogP contribution in [0.2, 0.25) is 0 Å². The second kappa shape index (κ2) is 20.3. The van der Waals surface area contributed by atoms with Gasteiger partial charge in [-0.2, -0.15) is 0 Å². The predicted molar refractivity (Wildman–Crippen MR) is 365 cm³/mol. The zero-order valence-corrected chi connectivity index (χ0v) is 47.2. The second-order valence-electron chi connectivity index (χ2n) is 22.7. The maximum absolute atomic E-state index is 2.48. The third kappa shape index (κ3) is 8.13. The van der Waals surface area contributed by atoms with Crippen LogP contribution in [0, 0.1) is 0 Å². The molecule has 17 rings (SSSR count). The van der Waals surface area contributed by atoms with Crippen molar-refractivity contribution >= 4 is 116 Å². The van der Waals surface area contributed by atoms with Gasteiger partial charge in [-0.25, -0.2) is 0 Å². The average Bonchev–Trinajstić information content (AvgIpc) is 3.73. The van der Waals surface area contributed by atoms with Gasteiger partial charge in [0, 0.05) is 66.4 Å². The summed E-state index contributed by atoms with van der Waals surface area (Å²) in [7, 11) is 0. The first-order valence-corrected chi connectivity index (χ1v) is 29.9. The monoisotopic (exact) mass is 1100 g/mol. The normalized spacial score (nSPS) is 12.3. The van der Waals surface area contributed by atoms with E-state index < -0.39 is 0 Å². The maximum atomic E-state index is 2.48. The van der Waals surface area contributed by atoms with Crippen molar-refractivity contribution in [2.75, 3.05) is 9.80 Å². The lowest BCUT2D eigenvalue weighted by molar-refractivity contribution is 0.986. The molecule has 404 valence electrons. The lowest BCUT2D eigenvalue weighted by Gasteiger charge is -2.30. The fraction of sp³-hybridized carbons (Fsp3) is 0.0244. The number of allylic oxidation sites excluding steroid dienone is 1. The van der Waals surface area contributed by atoms with E-state index in [1.807, 2.05) is 0 Å². The number of nitrogens with zero attached hydrogens (tertiary/aromatic N) is 4. The summed E-state index contributed by atoms with van der Waals surface area (Å²) in [5.74, 6) is 0. The Labute approximate surface area is 499 Å². The van der Waals surface area contributed by atoms with Crippen molar-refractivity contribution < 1.29 is 0 Å². The minimum atomic E-state index is 1.04. The minimum Gasteiger partial charge on any atom is -0.310 e. The highest BCUT2D eigenvalue weighted by Gasteiger charge is 2.24. The Balaban J connectivity index is 0.890. The van der Waals surface area contributed by atoms with E-state index in [0.29, 0.717) is 0 Å². The number of anilines is 6. The van der Waals surface area contributed by atoms with Crippen LogP contribution in [0.25, 0.3) is 116 Å². The van der Waals surface area contributed by atoms with E-state index in [2.05, 4.69) is 334 Å². The molecule has 0 atom stereocenters. The van der Waals surface area contributed by atoms with Crippen LogP contribution < -0.4 is 9.80 Å². The quantitative estimate of drug-likeness (QED) is 0.136. The highest BCUT2D eigenvalue weighted by Crippen LogP contribution is 2.48. The Morgan fingerprint density at radius 2 is 0.686 bits per heavy atom. The van der Waals surface area contributed by atoms with Gasteiger partial charge in [0.1, 0.15) is 0 Å². The molecule has 0 spiro atoms. The number of benzene rings is 14. The Kier molecular flexibility index (Phi) is 11.7. The number of rotatable bonds is 10. The maximum Gasteiger partial charge on any atom is 0.0542 e. The van der Waals surface area contributed by atoms with Crippen LogP contribution in [-0.2, 0) is 6.42 Å². The molecule has 1 aliphatic carbocycles. The summed E-state index contributed by atoms with van der Waals surface area (Å²) in [5, 5.41) is 12.0. The molecule has 0 unspecified atom stereocenters. The van der Waals surface area contributed by atoms with E-state index in [-0.39, 0.29) is 0 Å². The van der Waals surface area contributed by atoms with Gasteiger partial charge in [0.05, 0.1) is 33.4 Å². The Hall–Kier alpha value is -11.2. The van der Waals surface area contributed by atoms with Gasteiger partial charge < -0.3 is 18.9 Å². The summed E-state index contributed by atoms with van der Waals surface area (Å²) in [6.45, 7) is 0. The molecule has 0 bridgehead atoms. The van der Waals surface area contributed by atoms with E-state index in [4.69, 9.17) is 0 Å². The largest absolute Gasteiger partial charge is 0.310 e. The van der Waals surface area contributed by atoms with Gasteiger partial charge in [-0.1, -0.05) is 200 Å². The number of aromatic nitrogens is 2. The molecule has 4 nitrogen and oxygen atoms in total. The third-order valence-corrected chi connectivity index (χ3v) is 17.9. The van der Waals surface area contributed by atoms with Gasteiger partial charge in [0.15, 0.2) is 0 Å². The Bertz CT molecular complexity index is 5360. The first-order chi connectivity index (χ1) is 42.7. The van der Waals surface area contributed by atoms with E-state index >= 15 is 0 Å². The predicted octanol–water partition coefficient (Wildman–Crippen LogP) is 22.6. The number of aryl methyl sites for hydroxylation is 1. The Morgan fingerprint density at radius 1 is 0.279 bits per heavy atom.